The quantitative estimate of drug-likeness (QED) is 0.902. The van der Waals surface area contributed by atoms with E-state index in [1.165, 1.54) is 24.0 Å². The lowest BCUT2D eigenvalue weighted by Crippen LogP contribution is -2.06. The van der Waals surface area contributed by atoms with Crippen LogP contribution in [-0.4, -0.2) is 16.7 Å². The summed E-state index contributed by atoms with van der Waals surface area (Å²) in [6.07, 6.45) is 5.34. The fourth-order valence-corrected chi connectivity index (χ4v) is 2.59. The fourth-order valence-electron chi connectivity index (χ4n) is 2.59. The first kappa shape index (κ1) is 13.1. The Labute approximate surface area is 118 Å². The summed E-state index contributed by atoms with van der Waals surface area (Å²) in [5.41, 5.74) is 8.19. The molecule has 1 aromatic heterocycles. The monoisotopic (exact) mass is 273 g/mol. The lowest BCUT2D eigenvalue weighted by molar-refractivity contribution is 0.256. The summed E-state index contributed by atoms with van der Waals surface area (Å²) >= 11 is 0. The van der Waals surface area contributed by atoms with Gasteiger partial charge < -0.3 is 14.9 Å². The number of hydrogen-bond acceptors (Lipinski definition) is 5. The minimum absolute atomic E-state index is 0.314. The van der Waals surface area contributed by atoms with Crippen LogP contribution in [0.2, 0.25) is 0 Å². The Morgan fingerprint density at radius 1 is 1.15 bits per heavy atom. The maximum absolute atomic E-state index is 5.85. The Morgan fingerprint density at radius 2 is 2.00 bits per heavy atom. The molecule has 0 unspecified atom stereocenters. The largest absolute Gasteiger partial charge is 0.484 e. The Balaban J connectivity index is 1.68. The van der Waals surface area contributed by atoms with E-state index in [9.17, 15) is 0 Å². The van der Waals surface area contributed by atoms with Crippen molar-refractivity contribution >= 4 is 0 Å². The van der Waals surface area contributed by atoms with Gasteiger partial charge in [0.1, 0.15) is 5.75 Å². The third-order valence-electron chi connectivity index (χ3n) is 3.57. The summed E-state index contributed by atoms with van der Waals surface area (Å²) in [6.45, 7) is 0.822. The van der Waals surface area contributed by atoms with Gasteiger partial charge in [-0.15, -0.1) is 10.2 Å². The molecule has 106 valence electrons. The second kappa shape index (κ2) is 6.05. The highest BCUT2D eigenvalue weighted by Crippen LogP contribution is 2.29. The number of ether oxygens (including phenoxy) is 1. The lowest BCUT2D eigenvalue weighted by Gasteiger charge is -2.18. The third kappa shape index (κ3) is 2.82. The van der Waals surface area contributed by atoms with Crippen molar-refractivity contribution in [3.05, 3.63) is 41.1 Å². The third-order valence-corrected chi connectivity index (χ3v) is 3.57. The molecule has 0 atom stereocenters. The molecule has 2 aromatic rings. The number of benzene rings is 1. The highest BCUT2D eigenvalue weighted by Gasteiger charge is 2.14. The summed E-state index contributed by atoms with van der Waals surface area (Å²) in [4.78, 5) is 0. The SMILES string of the molecule is NCCc1nnc(COc2cccc3c2CCCC3)o1. The minimum atomic E-state index is 0.314. The highest BCUT2D eigenvalue weighted by molar-refractivity contribution is 5.41. The van der Waals surface area contributed by atoms with E-state index in [2.05, 4.69) is 16.3 Å². The van der Waals surface area contributed by atoms with Crippen LogP contribution in [-0.2, 0) is 25.9 Å². The van der Waals surface area contributed by atoms with Gasteiger partial charge in [0.2, 0.25) is 5.89 Å². The second-order valence-electron chi connectivity index (χ2n) is 5.02. The number of nitrogens with zero attached hydrogens (tertiary/aromatic N) is 2. The topological polar surface area (TPSA) is 74.2 Å². The van der Waals surface area contributed by atoms with E-state index in [0.29, 0.717) is 31.4 Å². The van der Waals surface area contributed by atoms with Crippen molar-refractivity contribution in [1.82, 2.24) is 10.2 Å². The molecule has 1 aliphatic carbocycles. The molecule has 0 spiro atoms. The van der Waals surface area contributed by atoms with Crippen LogP contribution in [0, 0.1) is 0 Å². The van der Waals surface area contributed by atoms with E-state index in [-0.39, 0.29) is 0 Å². The van der Waals surface area contributed by atoms with Crippen molar-refractivity contribution < 1.29 is 9.15 Å². The molecule has 1 aliphatic rings. The molecule has 0 saturated carbocycles. The second-order valence-corrected chi connectivity index (χ2v) is 5.02. The van der Waals surface area contributed by atoms with Gasteiger partial charge in [-0.3, -0.25) is 0 Å². The normalized spacial score (nSPS) is 14.1. The van der Waals surface area contributed by atoms with Crippen molar-refractivity contribution in [3.63, 3.8) is 0 Å². The van der Waals surface area contributed by atoms with Gasteiger partial charge in [-0.1, -0.05) is 12.1 Å². The molecule has 1 aromatic carbocycles. The lowest BCUT2D eigenvalue weighted by atomic mass is 9.91. The number of nitrogens with two attached hydrogens (primary N) is 1. The first-order valence-electron chi connectivity index (χ1n) is 7.11. The van der Waals surface area contributed by atoms with Crippen molar-refractivity contribution in [2.45, 2.75) is 38.7 Å². The van der Waals surface area contributed by atoms with Crippen LogP contribution in [0.5, 0.6) is 5.75 Å². The average molecular weight is 273 g/mol. The summed E-state index contributed by atoms with van der Waals surface area (Å²) in [6, 6.07) is 6.25. The van der Waals surface area contributed by atoms with E-state index in [0.717, 1.165) is 18.6 Å². The first-order valence-corrected chi connectivity index (χ1v) is 7.11. The van der Waals surface area contributed by atoms with Crippen LogP contribution in [0.4, 0.5) is 0 Å². The van der Waals surface area contributed by atoms with Gasteiger partial charge in [-0.2, -0.15) is 0 Å². The summed E-state index contributed by atoms with van der Waals surface area (Å²) < 4.78 is 11.3. The zero-order valence-electron chi connectivity index (χ0n) is 11.5. The Bertz CT molecular complexity index is 580. The van der Waals surface area contributed by atoms with Crippen LogP contribution in [0.3, 0.4) is 0 Å². The predicted octanol–water partition coefficient (Wildman–Crippen LogP) is 2.03. The van der Waals surface area contributed by atoms with Crippen LogP contribution in [0.15, 0.2) is 22.6 Å². The molecule has 3 rings (SSSR count). The van der Waals surface area contributed by atoms with E-state index < -0.39 is 0 Å². The van der Waals surface area contributed by atoms with Crippen LogP contribution in [0.1, 0.15) is 35.7 Å². The van der Waals surface area contributed by atoms with E-state index in [1.807, 2.05) is 12.1 Å². The number of aryl methyl sites for hydroxylation is 1. The standard InChI is InChI=1S/C15H19N3O2/c16-9-8-14-17-18-15(20-14)10-19-13-7-3-5-11-4-1-2-6-12(11)13/h3,5,7H,1-2,4,6,8-10,16H2. The maximum Gasteiger partial charge on any atom is 0.253 e. The van der Waals surface area contributed by atoms with Gasteiger partial charge in [0.15, 0.2) is 6.61 Å². The number of fused-ring (bicyclic) bond motifs is 1. The molecule has 0 amide bonds. The molecule has 5 heteroatoms. The number of hydrogen-bond donors (Lipinski definition) is 1. The van der Waals surface area contributed by atoms with Crippen LogP contribution < -0.4 is 10.5 Å². The Morgan fingerprint density at radius 3 is 2.90 bits per heavy atom. The summed E-state index contributed by atoms with van der Waals surface area (Å²) in [7, 11) is 0. The van der Waals surface area contributed by atoms with Gasteiger partial charge in [-0.05, 0) is 42.9 Å². The highest BCUT2D eigenvalue weighted by atomic mass is 16.5. The molecule has 0 bridgehead atoms. The molecular formula is C15H19N3O2. The maximum atomic E-state index is 5.85. The first-order chi connectivity index (χ1) is 9.86. The minimum Gasteiger partial charge on any atom is -0.484 e. The van der Waals surface area contributed by atoms with Crippen molar-refractivity contribution in [2.75, 3.05) is 6.54 Å². The fraction of sp³-hybridized carbons (Fsp3) is 0.467. The van der Waals surface area contributed by atoms with Gasteiger partial charge >= 0.3 is 0 Å². The smallest absolute Gasteiger partial charge is 0.253 e. The summed E-state index contributed by atoms with van der Waals surface area (Å²) in [5, 5.41) is 7.89. The predicted molar refractivity (Wildman–Crippen MR) is 74.5 cm³/mol. The molecule has 0 saturated heterocycles. The van der Waals surface area contributed by atoms with Crippen LogP contribution >= 0.6 is 0 Å². The van der Waals surface area contributed by atoms with Crippen LogP contribution in [0.25, 0.3) is 0 Å². The van der Waals surface area contributed by atoms with Crippen molar-refractivity contribution in [3.8, 4) is 5.75 Å². The molecule has 5 nitrogen and oxygen atoms in total. The Hall–Kier alpha value is -1.88. The van der Waals surface area contributed by atoms with Gasteiger partial charge in [0, 0.05) is 13.0 Å². The van der Waals surface area contributed by atoms with Gasteiger partial charge in [-0.25, -0.2) is 0 Å². The molecule has 2 N–H and O–H groups in total. The van der Waals surface area contributed by atoms with Crippen molar-refractivity contribution in [1.29, 1.82) is 0 Å². The zero-order chi connectivity index (χ0) is 13.8. The van der Waals surface area contributed by atoms with Gasteiger partial charge in [0.05, 0.1) is 0 Å². The summed E-state index contributed by atoms with van der Waals surface area (Å²) in [5.74, 6) is 2.02. The average Bonchev–Trinajstić information content (AvgIpc) is 2.93. The van der Waals surface area contributed by atoms with E-state index in [4.69, 9.17) is 14.9 Å². The van der Waals surface area contributed by atoms with E-state index >= 15 is 0 Å². The van der Waals surface area contributed by atoms with E-state index in [1.54, 1.807) is 0 Å². The Kier molecular flexibility index (Phi) is 3.97. The molecule has 0 aliphatic heterocycles. The zero-order valence-corrected chi connectivity index (χ0v) is 11.5. The molecule has 0 fully saturated rings. The molecule has 0 radical (unpaired) electrons. The molecule has 1 heterocycles. The molecule has 20 heavy (non-hydrogen) atoms. The number of aromatic nitrogens is 2. The van der Waals surface area contributed by atoms with Crippen molar-refractivity contribution in [2.24, 2.45) is 5.73 Å². The molecular weight excluding hydrogens is 254 g/mol. The number of rotatable bonds is 5. The van der Waals surface area contributed by atoms with Gasteiger partial charge in [0.25, 0.3) is 5.89 Å².